The summed E-state index contributed by atoms with van der Waals surface area (Å²) in [6, 6.07) is 6.63. The molecule has 0 spiro atoms. The van der Waals surface area contributed by atoms with Gasteiger partial charge in [0.1, 0.15) is 5.82 Å². The van der Waals surface area contributed by atoms with Crippen molar-refractivity contribution in [2.24, 2.45) is 5.92 Å². The van der Waals surface area contributed by atoms with Gasteiger partial charge in [-0.1, -0.05) is 18.5 Å². The zero-order valence-corrected chi connectivity index (χ0v) is 21.9. The first kappa shape index (κ1) is 26.1. The first-order valence-electron chi connectivity index (χ1n) is 12.7. The van der Waals surface area contributed by atoms with Crippen LogP contribution in [0.3, 0.4) is 0 Å². The molecule has 11 heteroatoms. The first-order chi connectivity index (χ1) is 18.3. The van der Waals surface area contributed by atoms with E-state index >= 15 is 4.39 Å². The molecule has 1 fully saturated rings. The summed E-state index contributed by atoms with van der Waals surface area (Å²) < 4.78 is 26.3. The van der Waals surface area contributed by atoms with Gasteiger partial charge in [-0.25, -0.2) is 19.3 Å². The van der Waals surface area contributed by atoms with Crippen LogP contribution >= 0.6 is 11.6 Å². The number of carbonyl (C=O) groups is 1. The SMILES string of the molecule is CCC1c2n[nH]c(=O)cc2CC(C)N1C(=O)Nc1cc(Cl)c(-c2ccc(OCC3CCOC3)nc2)cc1F. The van der Waals surface area contributed by atoms with E-state index < -0.39 is 11.8 Å². The van der Waals surface area contributed by atoms with Crippen molar-refractivity contribution in [2.45, 2.75) is 45.2 Å². The molecule has 0 aliphatic carbocycles. The Morgan fingerprint density at radius 3 is 2.89 bits per heavy atom. The van der Waals surface area contributed by atoms with Crippen LogP contribution in [0.25, 0.3) is 11.1 Å². The zero-order chi connectivity index (χ0) is 26.8. The topological polar surface area (TPSA) is 109 Å². The lowest BCUT2D eigenvalue weighted by molar-refractivity contribution is 0.145. The molecule has 0 radical (unpaired) electrons. The van der Waals surface area contributed by atoms with E-state index in [-0.39, 0.29) is 28.4 Å². The van der Waals surface area contributed by atoms with Gasteiger partial charge < -0.3 is 19.7 Å². The highest BCUT2D eigenvalue weighted by Gasteiger charge is 2.36. The van der Waals surface area contributed by atoms with Crippen molar-refractivity contribution < 1.29 is 18.7 Å². The molecule has 2 aromatic heterocycles. The van der Waals surface area contributed by atoms with Gasteiger partial charge in [0, 0.05) is 48.0 Å². The average Bonchev–Trinajstić information content (AvgIpc) is 3.42. The molecule has 0 bridgehead atoms. The van der Waals surface area contributed by atoms with E-state index in [2.05, 4.69) is 20.5 Å². The van der Waals surface area contributed by atoms with E-state index in [1.807, 2.05) is 13.8 Å². The van der Waals surface area contributed by atoms with Gasteiger partial charge in [0.2, 0.25) is 5.88 Å². The van der Waals surface area contributed by atoms with Crippen LogP contribution in [0.4, 0.5) is 14.9 Å². The van der Waals surface area contributed by atoms with Crippen molar-refractivity contribution >= 4 is 23.3 Å². The summed E-state index contributed by atoms with van der Waals surface area (Å²) >= 11 is 6.51. The maximum absolute atomic E-state index is 15.2. The molecule has 3 aromatic rings. The normalized spacial score (nSPS) is 20.7. The summed E-state index contributed by atoms with van der Waals surface area (Å²) in [5.41, 5.74) is 2.22. The van der Waals surface area contributed by atoms with Crippen LogP contribution in [-0.4, -0.2) is 52.0 Å². The number of H-pyrrole nitrogens is 1. The number of hydrogen-bond acceptors (Lipinski definition) is 6. The number of aromatic nitrogens is 3. The largest absolute Gasteiger partial charge is 0.477 e. The number of nitrogens with one attached hydrogen (secondary N) is 2. The van der Waals surface area contributed by atoms with Crippen LogP contribution in [0, 0.1) is 11.7 Å². The van der Waals surface area contributed by atoms with Crippen molar-refractivity contribution in [3.05, 3.63) is 69.0 Å². The third-order valence-electron chi connectivity index (χ3n) is 7.02. The highest BCUT2D eigenvalue weighted by atomic mass is 35.5. The van der Waals surface area contributed by atoms with Crippen LogP contribution in [-0.2, 0) is 11.2 Å². The summed E-state index contributed by atoms with van der Waals surface area (Å²) in [6.07, 6.45) is 3.60. The molecule has 1 aromatic carbocycles. The number of halogens is 2. The second kappa shape index (κ2) is 11.1. The van der Waals surface area contributed by atoms with Crippen LogP contribution in [0.1, 0.15) is 44.0 Å². The minimum atomic E-state index is -0.625. The molecule has 0 saturated carbocycles. The molecule has 3 atom stereocenters. The molecule has 1 saturated heterocycles. The third kappa shape index (κ3) is 5.37. The number of pyridine rings is 1. The Kier molecular flexibility index (Phi) is 7.62. The lowest BCUT2D eigenvalue weighted by Gasteiger charge is -2.40. The minimum Gasteiger partial charge on any atom is -0.477 e. The lowest BCUT2D eigenvalue weighted by Crippen LogP contribution is -2.48. The second-order valence-electron chi connectivity index (χ2n) is 9.69. The van der Waals surface area contributed by atoms with Crippen LogP contribution in [0.15, 0.2) is 41.3 Å². The van der Waals surface area contributed by atoms with E-state index in [1.165, 1.54) is 18.2 Å². The Hall–Kier alpha value is -3.50. The molecule has 200 valence electrons. The number of aromatic amines is 1. The number of anilines is 1. The number of carbonyl (C=O) groups excluding carboxylic acids is 1. The van der Waals surface area contributed by atoms with Crippen molar-refractivity contribution in [1.82, 2.24) is 20.1 Å². The number of amides is 2. The number of hydrogen-bond donors (Lipinski definition) is 2. The van der Waals surface area contributed by atoms with Crippen molar-refractivity contribution in [3.63, 3.8) is 0 Å². The molecule has 2 aliphatic heterocycles. The maximum atomic E-state index is 15.2. The fourth-order valence-corrected chi connectivity index (χ4v) is 5.35. The Bertz CT molecular complexity index is 1380. The third-order valence-corrected chi connectivity index (χ3v) is 7.33. The smallest absolute Gasteiger partial charge is 0.322 e. The maximum Gasteiger partial charge on any atom is 0.322 e. The highest BCUT2D eigenvalue weighted by Crippen LogP contribution is 2.36. The molecular weight excluding hydrogens is 513 g/mol. The van der Waals surface area contributed by atoms with Gasteiger partial charge in [-0.3, -0.25) is 4.79 Å². The number of benzene rings is 1. The summed E-state index contributed by atoms with van der Waals surface area (Å²) in [6.45, 7) is 5.80. The van der Waals surface area contributed by atoms with Gasteiger partial charge in [-0.2, -0.15) is 5.10 Å². The fourth-order valence-electron chi connectivity index (χ4n) is 5.08. The van der Waals surface area contributed by atoms with E-state index in [9.17, 15) is 9.59 Å². The van der Waals surface area contributed by atoms with Crippen molar-refractivity contribution in [1.29, 1.82) is 0 Å². The van der Waals surface area contributed by atoms with Crippen molar-refractivity contribution in [2.75, 3.05) is 25.1 Å². The van der Waals surface area contributed by atoms with Gasteiger partial charge in [0.25, 0.3) is 5.56 Å². The molecule has 5 rings (SSSR count). The first-order valence-corrected chi connectivity index (χ1v) is 13.1. The molecule has 38 heavy (non-hydrogen) atoms. The molecule has 2 amide bonds. The van der Waals surface area contributed by atoms with Crippen LogP contribution in [0.5, 0.6) is 5.88 Å². The monoisotopic (exact) mass is 541 g/mol. The van der Waals surface area contributed by atoms with Gasteiger partial charge >= 0.3 is 6.03 Å². The highest BCUT2D eigenvalue weighted by molar-refractivity contribution is 6.33. The summed E-state index contributed by atoms with van der Waals surface area (Å²) in [4.78, 5) is 31.0. The zero-order valence-electron chi connectivity index (χ0n) is 21.2. The number of nitrogens with zero attached hydrogens (tertiary/aromatic N) is 3. The summed E-state index contributed by atoms with van der Waals surface area (Å²) in [5.74, 6) is 0.209. The van der Waals surface area contributed by atoms with E-state index in [1.54, 1.807) is 23.2 Å². The Labute approximate surface area is 224 Å². The van der Waals surface area contributed by atoms with Gasteiger partial charge in [-0.05, 0) is 49.9 Å². The fraction of sp³-hybridized carbons (Fsp3) is 0.407. The predicted molar refractivity (Wildman–Crippen MR) is 141 cm³/mol. The van der Waals surface area contributed by atoms with Gasteiger partial charge in [-0.15, -0.1) is 0 Å². The standard InChI is InChI=1S/C27H29ClFN5O4/c1-3-23-26-18(9-24(35)32-33-26)8-15(2)34(23)27(36)31-22-11-20(28)19(10-21(22)29)17-4-5-25(30-12-17)38-14-16-6-7-37-13-16/h4-5,9-12,15-16,23H,3,6-8,13-14H2,1-2H3,(H,31,36)(H,32,35). The molecule has 2 aliphatic rings. The van der Waals surface area contributed by atoms with E-state index in [4.69, 9.17) is 21.1 Å². The average molecular weight is 542 g/mol. The number of rotatable bonds is 6. The number of fused-ring (bicyclic) bond motifs is 1. The summed E-state index contributed by atoms with van der Waals surface area (Å²) in [5, 5.41) is 9.57. The molecule has 4 heterocycles. The minimum absolute atomic E-state index is 0.0299. The van der Waals surface area contributed by atoms with Gasteiger partial charge in [0.15, 0.2) is 0 Å². The van der Waals surface area contributed by atoms with E-state index in [0.29, 0.717) is 54.7 Å². The molecule has 3 unspecified atom stereocenters. The Morgan fingerprint density at radius 1 is 1.34 bits per heavy atom. The van der Waals surface area contributed by atoms with Crippen molar-refractivity contribution in [3.8, 4) is 17.0 Å². The Balaban J connectivity index is 1.31. The molecular formula is C27H29ClFN5O4. The quantitative estimate of drug-likeness (QED) is 0.456. The van der Waals surface area contributed by atoms with Gasteiger partial charge in [0.05, 0.1) is 35.7 Å². The lowest BCUT2D eigenvalue weighted by atomic mass is 9.92. The van der Waals surface area contributed by atoms with E-state index in [0.717, 1.165) is 18.6 Å². The predicted octanol–water partition coefficient (Wildman–Crippen LogP) is 4.97. The molecule has 2 N–H and O–H groups in total. The Morgan fingerprint density at radius 2 is 2.18 bits per heavy atom. The van der Waals surface area contributed by atoms with Crippen LogP contribution < -0.4 is 15.6 Å². The molecule has 9 nitrogen and oxygen atoms in total. The number of urea groups is 1. The second-order valence-corrected chi connectivity index (χ2v) is 10.1. The number of ether oxygens (including phenoxy) is 2. The van der Waals surface area contributed by atoms with Crippen LogP contribution in [0.2, 0.25) is 5.02 Å². The summed E-state index contributed by atoms with van der Waals surface area (Å²) in [7, 11) is 0.